The maximum atomic E-state index is 14.7. The van der Waals surface area contributed by atoms with Crippen LogP contribution in [0.5, 0.6) is 0 Å². The van der Waals surface area contributed by atoms with Crippen molar-refractivity contribution in [2.75, 3.05) is 24.7 Å². The van der Waals surface area contributed by atoms with Crippen molar-refractivity contribution in [3.8, 4) is 0 Å². The Labute approximate surface area is 224 Å². The summed E-state index contributed by atoms with van der Waals surface area (Å²) >= 11 is 1.62. The molecule has 2 bridgehead atoms. The monoisotopic (exact) mass is 528 g/mol. The van der Waals surface area contributed by atoms with Crippen LogP contribution in [0, 0.1) is 31.6 Å². The van der Waals surface area contributed by atoms with E-state index < -0.39 is 28.7 Å². The number of hydrogen-bond donors (Lipinski definition) is 1. The molecule has 0 aliphatic carbocycles. The second kappa shape index (κ2) is 10.8. The number of esters is 1. The van der Waals surface area contributed by atoms with Gasteiger partial charge in [0.15, 0.2) is 0 Å². The summed E-state index contributed by atoms with van der Waals surface area (Å²) in [5.41, 5.74) is 2.76. The van der Waals surface area contributed by atoms with Crippen LogP contribution in [-0.4, -0.2) is 69.6 Å². The van der Waals surface area contributed by atoms with Gasteiger partial charge in [0.25, 0.3) is 5.91 Å². The molecule has 1 spiro atoms. The van der Waals surface area contributed by atoms with Gasteiger partial charge in [0.05, 0.1) is 35.8 Å². The van der Waals surface area contributed by atoms with Gasteiger partial charge in [-0.2, -0.15) is 0 Å². The number of carbonyl (C=O) groups excluding carboxylic acids is 3. The molecule has 1 aromatic carbocycles. The molecule has 0 saturated carbocycles. The number of rotatable bonds is 10. The molecule has 0 aromatic heterocycles. The number of para-hydroxylation sites is 1. The highest BCUT2D eigenvalue weighted by molar-refractivity contribution is 8.02. The molecule has 1 aromatic rings. The lowest BCUT2D eigenvalue weighted by Crippen LogP contribution is -2.58. The Morgan fingerprint density at radius 1 is 1.32 bits per heavy atom. The number of amides is 2. The summed E-state index contributed by atoms with van der Waals surface area (Å²) < 4.78 is 4.69. The van der Waals surface area contributed by atoms with E-state index in [-0.39, 0.29) is 42.2 Å². The molecular weight excluding hydrogens is 488 g/mol. The number of aliphatic hydroxyl groups is 1. The first-order chi connectivity index (χ1) is 17.6. The predicted octanol–water partition coefficient (Wildman–Crippen LogP) is 3.88. The lowest BCUT2D eigenvalue weighted by Gasteiger charge is -2.40. The maximum Gasteiger partial charge on any atom is 0.310 e. The highest BCUT2D eigenvalue weighted by Crippen LogP contribution is 2.67. The summed E-state index contributed by atoms with van der Waals surface area (Å²) in [7, 11) is 0. The largest absolute Gasteiger partial charge is 0.466 e. The minimum atomic E-state index is -0.783. The SMILES string of the molecule is C=CCN(C(=O)C1N([C@@H](CO)CC(C)C)C(=O)[C@@H]2[C@H](C(=O)OCC)[C@@H]3CCC12S3)c1c(C)cccc1C. The van der Waals surface area contributed by atoms with Crippen LogP contribution in [0.1, 0.15) is 51.2 Å². The van der Waals surface area contributed by atoms with Crippen molar-refractivity contribution in [1.82, 2.24) is 4.90 Å². The minimum absolute atomic E-state index is 0.0452. The van der Waals surface area contributed by atoms with Crippen LogP contribution in [0.4, 0.5) is 5.69 Å². The average molecular weight is 529 g/mol. The highest BCUT2D eigenvalue weighted by atomic mass is 32.2. The summed E-state index contributed by atoms with van der Waals surface area (Å²) in [5.74, 6) is -1.72. The fourth-order valence-electron chi connectivity index (χ4n) is 6.89. The van der Waals surface area contributed by atoms with Crippen molar-refractivity contribution >= 4 is 35.2 Å². The molecule has 3 aliphatic rings. The number of ether oxygens (including phenoxy) is 1. The number of carbonyl (C=O) groups is 3. The van der Waals surface area contributed by atoms with Crippen LogP contribution in [0.2, 0.25) is 0 Å². The summed E-state index contributed by atoms with van der Waals surface area (Å²) in [6, 6.07) is 4.63. The predicted molar refractivity (Wildman–Crippen MR) is 146 cm³/mol. The fourth-order valence-corrected chi connectivity index (χ4v) is 9.08. The second-order valence-corrected chi connectivity index (χ2v) is 12.6. The van der Waals surface area contributed by atoms with E-state index in [4.69, 9.17) is 4.74 Å². The van der Waals surface area contributed by atoms with Gasteiger partial charge >= 0.3 is 5.97 Å². The molecule has 0 radical (unpaired) electrons. The first-order valence-electron chi connectivity index (χ1n) is 13.4. The Hall–Kier alpha value is -2.32. The molecule has 1 N–H and O–H groups in total. The quantitative estimate of drug-likeness (QED) is 0.366. The first kappa shape index (κ1) is 27.7. The van der Waals surface area contributed by atoms with E-state index in [2.05, 4.69) is 6.58 Å². The molecule has 37 heavy (non-hydrogen) atoms. The highest BCUT2D eigenvalue weighted by Gasteiger charge is 2.74. The number of likely N-dealkylation sites (tertiary alicyclic amines) is 1. The molecule has 6 atom stereocenters. The standard InChI is InChI=1S/C29H40N2O5S/c1-7-14-30(24-18(5)10-9-11-19(24)6)27(34)25-29-13-12-21(37-29)22(28(35)36-8-2)23(29)26(33)31(25)20(16-32)15-17(3)4/h7,9-11,17,20-23,25,32H,1,8,12-16H2,2-6H3/t20-,21+,22-,23+,25?,29?/m1/s1. The van der Waals surface area contributed by atoms with E-state index in [1.54, 1.807) is 34.6 Å². The smallest absolute Gasteiger partial charge is 0.310 e. The van der Waals surface area contributed by atoms with Gasteiger partial charge < -0.3 is 19.6 Å². The lowest BCUT2D eigenvalue weighted by atomic mass is 9.71. The van der Waals surface area contributed by atoms with E-state index in [1.165, 1.54) is 0 Å². The Balaban J connectivity index is 1.86. The number of fused-ring (bicyclic) bond motifs is 1. The molecule has 3 aliphatic heterocycles. The van der Waals surface area contributed by atoms with Gasteiger partial charge in [0.2, 0.25) is 5.91 Å². The van der Waals surface area contributed by atoms with Crippen LogP contribution in [0.15, 0.2) is 30.9 Å². The summed E-state index contributed by atoms with van der Waals surface area (Å²) in [6.45, 7) is 14.0. The Morgan fingerprint density at radius 2 is 2.00 bits per heavy atom. The zero-order valence-electron chi connectivity index (χ0n) is 22.6. The van der Waals surface area contributed by atoms with E-state index >= 15 is 0 Å². The third-order valence-corrected chi connectivity index (χ3v) is 10.1. The number of benzene rings is 1. The Bertz CT molecular complexity index is 1050. The molecule has 202 valence electrons. The summed E-state index contributed by atoms with van der Waals surface area (Å²) in [5, 5.41) is 10.4. The second-order valence-electron chi connectivity index (χ2n) is 11.0. The number of thioether (sulfide) groups is 1. The van der Waals surface area contributed by atoms with Crippen molar-refractivity contribution in [3.63, 3.8) is 0 Å². The van der Waals surface area contributed by atoms with Crippen molar-refractivity contribution < 1.29 is 24.2 Å². The number of aryl methyl sites for hydroxylation is 2. The van der Waals surface area contributed by atoms with Crippen LogP contribution >= 0.6 is 11.8 Å². The lowest BCUT2D eigenvalue weighted by molar-refractivity contribution is -0.154. The van der Waals surface area contributed by atoms with Crippen LogP contribution in [0.3, 0.4) is 0 Å². The van der Waals surface area contributed by atoms with E-state index in [9.17, 15) is 19.5 Å². The van der Waals surface area contributed by atoms with Crippen molar-refractivity contribution in [2.24, 2.45) is 17.8 Å². The van der Waals surface area contributed by atoms with Crippen LogP contribution in [0.25, 0.3) is 0 Å². The van der Waals surface area contributed by atoms with Gasteiger partial charge in [-0.15, -0.1) is 18.3 Å². The van der Waals surface area contributed by atoms with E-state index in [0.29, 0.717) is 19.4 Å². The number of nitrogens with zero attached hydrogens (tertiary/aromatic N) is 2. The van der Waals surface area contributed by atoms with Gasteiger partial charge in [-0.25, -0.2) is 0 Å². The average Bonchev–Trinajstić information content (AvgIpc) is 3.49. The van der Waals surface area contributed by atoms with Crippen molar-refractivity contribution in [1.29, 1.82) is 0 Å². The number of anilines is 1. The normalized spacial score (nSPS) is 28.9. The first-order valence-corrected chi connectivity index (χ1v) is 14.3. The zero-order chi connectivity index (χ0) is 27.1. The third kappa shape index (κ3) is 4.50. The number of aliphatic hydroxyl groups excluding tert-OH is 1. The molecule has 2 amide bonds. The van der Waals surface area contributed by atoms with E-state index in [0.717, 1.165) is 23.2 Å². The molecule has 3 saturated heterocycles. The maximum absolute atomic E-state index is 14.7. The van der Waals surface area contributed by atoms with Gasteiger partial charge in [0.1, 0.15) is 6.04 Å². The molecule has 3 fully saturated rings. The number of hydrogen-bond acceptors (Lipinski definition) is 6. The summed E-state index contributed by atoms with van der Waals surface area (Å²) in [6.07, 6.45) is 3.71. The van der Waals surface area contributed by atoms with Gasteiger partial charge in [0, 0.05) is 17.5 Å². The zero-order valence-corrected chi connectivity index (χ0v) is 23.4. The summed E-state index contributed by atoms with van der Waals surface area (Å²) in [4.78, 5) is 45.4. The fraction of sp³-hybridized carbons (Fsp3) is 0.621. The molecular formula is C29H40N2O5S. The van der Waals surface area contributed by atoms with Crippen LogP contribution < -0.4 is 4.90 Å². The van der Waals surface area contributed by atoms with Crippen molar-refractivity contribution in [3.05, 3.63) is 42.0 Å². The third-order valence-electron chi connectivity index (χ3n) is 8.17. The topological polar surface area (TPSA) is 87.2 Å². The van der Waals surface area contributed by atoms with E-state index in [1.807, 2.05) is 45.9 Å². The van der Waals surface area contributed by atoms with Gasteiger partial charge in [-0.1, -0.05) is 38.1 Å². The van der Waals surface area contributed by atoms with Gasteiger partial charge in [-0.3, -0.25) is 14.4 Å². The molecule has 2 unspecified atom stereocenters. The van der Waals surface area contributed by atoms with Crippen LogP contribution in [-0.2, 0) is 19.1 Å². The van der Waals surface area contributed by atoms with Gasteiger partial charge in [-0.05, 0) is 57.1 Å². The molecule has 8 heteroatoms. The molecule has 3 heterocycles. The molecule has 7 nitrogen and oxygen atoms in total. The molecule has 4 rings (SSSR count). The minimum Gasteiger partial charge on any atom is -0.466 e. The van der Waals surface area contributed by atoms with Crippen molar-refractivity contribution in [2.45, 2.75) is 76.0 Å². The Kier molecular flexibility index (Phi) is 8.10. The Morgan fingerprint density at radius 3 is 2.57 bits per heavy atom.